The average Bonchev–Trinajstić information content (AvgIpc) is 3.16. The molecule has 152 valence electrons. The molecule has 5 nitrogen and oxygen atoms in total. The Bertz CT molecular complexity index is 1480. The molecule has 0 amide bonds. The molecule has 4 aromatic carbocycles. The number of fused-ring (bicyclic) bond motifs is 2. The Hall–Kier alpha value is -3.83. The molecule has 1 aromatic heterocycles. The Labute approximate surface area is 183 Å². The van der Waals surface area contributed by atoms with E-state index in [1.54, 1.807) is 6.21 Å². The number of ether oxygens (including phenoxy) is 1. The van der Waals surface area contributed by atoms with Crippen molar-refractivity contribution in [2.24, 2.45) is 4.99 Å². The van der Waals surface area contributed by atoms with E-state index in [1.165, 1.54) is 0 Å². The Kier molecular flexibility index (Phi) is 5.02. The summed E-state index contributed by atoms with van der Waals surface area (Å²) in [5, 5.41) is 2.81. The van der Waals surface area contributed by atoms with Crippen molar-refractivity contribution in [1.82, 2.24) is 9.97 Å². The van der Waals surface area contributed by atoms with Crippen molar-refractivity contribution >= 4 is 45.3 Å². The van der Waals surface area contributed by atoms with Crippen LogP contribution in [0.15, 0.2) is 88.6 Å². The molecule has 5 rings (SSSR count). The smallest absolute Gasteiger partial charge is 0.323 e. The van der Waals surface area contributed by atoms with Gasteiger partial charge in [-0.15, -0.1) is 0 Å². The van der Waals surface area contributed by atoms with Gasteiger partial charge in [0.25, 0.3) is 0 Å². The van der Waals surface area contributed by atoms with Gasteiger partial charge in [-0.05, 0) is 41.1 Å². The van der Waals surface area contributed by atoms with E-state index in [2.05, 4.69) is 21.0 Å². The number of nitrogens with zero attached hydrogens (tertiary/aromatic N) is 1. The molecule has 0 spiro atoms. The largest absolute Gasteiger partial charge is 0.488 e. The Morgan fingerprint density at radius 1 is 0.903 bits per heavy atom. The van der Waals surface area contributed by atoms with Crippen LogP contribution in [0.5, 0.6) is 5.75 Å². The number of rotatable bonds is 5. The van der Waals surface area contributed by atoms with Gasteiger partial charge in [-0.3, -0.25) is 4.99 Å². The fourth-order valence-electron chi connectivity index (χ4n) is 3.55. The van der Waals surface area contributed by atoms with Crippen LogP contribution in [0.4, 0.5) is 5.69 Å². The summed E-state index contributed by atoms with van der Waals surface area (Å²) in [6, 6.07) is 25.2. The SMILES string of the molecule is O=c1[nH]c2ccc(N=Cc3c(OCc4ccccc4Cl)ccc4ccccc34)cc2[nH]1. The second-order valence-electron chi connectivity index (χ2n) is 7.15. The predicted molar refractivity (Wildman–Crippen MR) is 126 cm³/mol. The molecule has 0 aliphatic heterocycles. The quantitative estimate of drug-likeness (QED) is 0.338. The van der Waals surface area contributed by atoms with Gasteiger partial charge in [0.15, 0.2) is 0 Å². The van der Waals surface area contributed by atoms with Crippen LogP contribution < -0.4 is 10.4 Å². The first kappa shape index (κ1) is 19.2. The maximum Gasteiger partial charge on any atom is 0.323 e. The number of aromatic amines is 2. The maximum absolute atomic E-state index is 11.5. The first-order chi connectivity index (χ1) is 15.2. The van der Waals surface area contributed by atoms with Crippen molar-refractivity contribution in [3.63, 3.8) is 0 Å². The highest BCUT2D eigenvalue weighted by Gasteiger charge is 2.09. The minimum Gasteiger partial charge on any atom is -0.488 e. The summed E-state index contributed by atoms with van der Waals surface area (Å²) in [4.78, 5) is 21.7. The van der Waals surface area contributed by atoms with E-state index in [9.17, 15) is 4.79 Å². The lowest BCUT2D eigenvalue weighted by Gasteiger charge is -2.12. The minimum atomic E-state index is -0.236. The molecule has 2 N–H and O–H groups in total. The zero-order valence-electron chi connectivity index (χ0n) is 16.4. The van der Waals surface area contributed by atoms with E-state index in [1.807, 2.05) is 72.8 Å². The highest BCUT2D eigenvalue weighted by molar-refractivity contribution is 6.31. The van der Waals surface area contributed by atoms with Crippen LogP contribution in [0.25, 0.3) is 21.8 Å². The first-order valence-electron chi connectivity index (χ1n) is 9.81. The normalized spacial score (nSPS) is 11.5. The van der Waals surface area contributed by atoms with E-state index in [-0.39, 0.29) is 5.69 Å². The fraction of sp³-hybridized carbons (Fsp3) is 0.0400. The molecule has 0 fully saturated rings. The molecule has 31 heavy (non-hydrogen) atoms. The number of H-pyrrole nitrogens is 2. The van der Waals surface area contributed by atoms with Crippen molar-refractivity contribution < 1.29 is 4.74 Å². The summed E-state index contributed by atoms with van der Waals surface area (Å²) in [6.45, 7) is 0.357. The number of hydrogen-bond acceptors (Lipinski definition) is 3. The molecule has 0 saturated heterocycles. The summed E-state index contributed by atoms with van der Waals surface area (Å²) in [6.07, 6.45) is 1.80. The molecule has 0 atom stereocenters. The Balaban J connectivity index is 1.53. The topological polar surface area (TPSA) is 70.2 Å². The molecule has 0 unspecified atom stereocenters. The zero-order chi connectivity index (χ0) is 21.2. The van der Waals surface area contributed by atoms with Crippen LogP contribution >= 0.6 is 11.6 Å². The lowest BCUT2D eigenvalue weighted by atomic mass is 10.0. The van der Waals surface area contributed by atoms with Gasteiger partial charge < -0.3 is 14.7 Å². The van der Waals surface area contributed by atoms with E-state index in [0.717, 1.165) is 38.9 Å². The van der Waals surface area contributed by atoms with Gasteiger partial charge in [-0.25, -0.2) is 4.79 Å². The highest BCUT2D eigenvalue weighted by atomic mass is 35.5. The van der Waals surface area contributed by atoms with Crippen molar-refractivity contribution in [1.29, 1.82) is 0 Å². The van der Waals surface area contributed by atoms with Crippen LogP contribution in [0.3, 0.4) is 0 Å². The van der Waals surface area contributed by atoms with Gasteiger partial charge in [0.05, 0.1) is 16.7 Å². The third kappa shape index (κ3) is 3.96. The summed E-state index contributed by atoms with van der Waals surface area (Å²) in [5.74, 6) is 0.721. The second-order valence-corrected chi connectivity index (χ2v) is 7.55. The van der Waals surface area contributed by atoms with E-state index >= 15 is 0 Å². The Morgan fingerprint density at radius 2 is 1.71 bits per heavy atom. The third-order valence-electron chi connectivity index (χ3n) is 5.11. The third-order valence-corrected chi connectivity index (χ3v) is 5.48. The van der Waals surface area contributed by atoms with Gasteiger partial charge >= 0.3 is 5.69 Å². The predicted octanol–water partition coefficient (Wildman–Crippen LogP) is 5.99. The fourth-order valence-corrected chi connectivity index (χ4v) is 3.74. The molecule has 0 radical (unpaired) electrons. The summed E-state index contributed by atoms with van der Waals surface area (Å²) >= 11 is 6.28. The zero-order valence-corrected chi connectivity index (χ0v) is 17.2. The summed E-state index contributed by atoms with van der Waals surface area (Å²) < 4.78 is 6.15. The number of aliphatic imine (C=N–C) groups is 1. The van der Waals surface area contributed by atoms with E-state index < -0.39 is 0 Å². The van der Waals surface area contributed by atoms with Crippen molar-refractivity contribution in [2.45, 2.75) is 6.61 Å². The van der Waals surface area contributed by atoms with Crippen LogP contribution in [0.1, 0.15) is 11.1 Å². The lowest BCUT2D eigenvalue weighted by Crippen LogP contribution is -1.99. The molecule has 0 saturated carbocycles. The van der Waals surface area contributed by atoms with Crippen LogP contribution in [-0.4, -0.2) is 16.2 Å². The standard InChI is InChI=1S/C25H18ClN3O2/c26-21-8-4-2-6-17(21)15-31-24-12-9-16-5-1-3-7-19(16)20(24)14-27-18-10-11-22-23(13-18)29-25(30)28-22/h1-14H,15H2,(H2,28,29,30). The van der Waals surface area contributed by atoms with Gasteiger partial charge in [0, 0.05) is 22.4 Å². The number of benzene rings is 4. The number of hydrogen-bond donors (Lipinski definition) is 2. The maximum atomic E-state index is 11.5. The second kappa shape index (κ2) is 8.13. The van der Waals surface area contributed by atoms with Crippen LogP contribution in [0.2, 0.25) is 5.02 Å². The molecule has 0 aliphatic carbocycles. The van der Waals surface area contributed by atoms with E-state index in [0.29, 0.717) is 17.1 Å². The van der Waals surface area contributed by atoms with Crippen molar-refractivity contribution in [3.8, 4) is 5.75 Å². The molecular formula is C25H18ClN3O2. The molecule has 6 heteroatoms. The van der Waals surface area contributed by atoms with Gasteiger partial charge in [-0.1, -0.05) is 60.1 Å². The molecule has 5 aromatic rings. The summed E-state index contributed by atoms with van der Waals surface area (Å²) in [5.41, 5.74) is 3.76. The Morgan fingerprint density at radius 3 is 2.61 bits per heavy atom. The summed E-state index contributed by atoms with van der Waals surface area (Å²) in [7, 11) is 0. The number of aromatic nitrogens is 2. The highest BCUT2D eigenvalue weighted by Crippen LogP contribution is 2.29. The van der Waals surface area contributed by atoms with Crippen molar-refractivity contribution in [2.75, 3.05) is 0 Å². The van der Waals surface area contributed by atoms with E-state index in [4.69, 9.17) is 16.3 Å². The molecule has 1 heterocycles. The van der Waals surface area contributed by atoms with Crippen molar-refractivity contribution in [3.05, 3.63) is 105 Å². The van der Waals surface area contributed by atoms with Gasteiger partial charge in [-0.2, -0.15) is 0 Å². The number of nitrogens with one attached hydrogen (secondary N) is 2. The van der Waals surface area contributed by atoms with Crippen LogP contribution in [-0.2, 0) is 6.61 Å². The molecular weight excluding hydrogens is 410 g/mol. The van der Waals surface area contributed by atoms with Gasteiger partial charge in [0.1, 0.15) is 12.4 Å². The van der Waals surface area contributed by atoms with Gasteiger partial charge in [0.2, 0.25) is 0 Å². The average molecular weight is 428 g/mol. The lowest BCUT2D eigenvalue weighted by molar-refractivity contribution is 0.306. The number of halogens is 1. The minimum absolute atomic E-state index is 0.236. The van der Waals surface area contributed by atoms with Crippen LogP contribution in [0, 0.1) is 0 Å². The molecule has 0 bridgehead atoms. The molecule has 0 aliphatic rings. The number of imidazole rings is 1. The monoisotopic (exact) mass is 427 g/mol. The first-order valence-corrected chi connectivity index (χ1v) is 10.2.